The van der Waals surface area contributed by atoms with Crippen molar-refractivity contribution in [2.75, 3.05) is 12.0 Å². The van der Waals surface area contributed by atoms with E-state index in [9.17, 15) is 5.11 Å². The van der Waals surface area contributed by atoms with Gasteiger partial charge in [0.25, 0.3) is 0 Å². The maximum Gasteiger partial charge on any atom is 0.126 e. The van der Waals surface area contributed by atoms with Gasteiger partial charge in [0.1, 0.15) is 5.75 Å². The van der Waals surface area contributed by atoms with Gasteiger partial charge in [0.15, 0.2) is 0 Å². The predicted molar refractivity (Wildman–Crippen MR) is 85.4 cm³/mol. The molecule has 0 amide bonds. The Kier molecular flexibility index (Phi) is 3.60. The highest BCUT2D eigenvalue weighted by atomic mass is 16.5. The first-order valence-electron chi connectivity index (χ1n) is 7.35. The van der Waals surface area contributed by atoms with Gasteiger partial charge in [-0.1, -0.05) is 24.3 Å². The van der Waals surface area contributed by atoms with Crippen LogP contribution in [0.1, 0.15) is 31.1 Å². The molecule has 3 nitrogen and oxygen atoms in total. The fraction of sp³-hybridized carbons (Fsp3) is 0.333. The van der Waals surface area contributed by atoms with Crippen LogP contribution >= 0.6 is 0 Å². The van der Waals surface area contributed by atoms with Crippen LogP contribution in [-0.4, -0.2) is 18.3 Å². The quantitative estimate of drug-likeness (QED) is 0.929. The van der Waals surface area contributed by atoms with Crippen LogP contribution < -0.4 is 9.64 Å². The summed E-state index contributed by atoms with van der Waals surface area (Å²) in [4.78, 5) is 2.31. The molecule has 1 N–H and O–H groups in total. The summed E-state index contributed by atoms with van der Waals surface area (Å²) in [5.41, 5.74) is 4.45. The normalized spacial score (nSPS) is 18.5. The van der Waals surface area contributed by atoms with Gasteiger partial charge in [-0.2, -0.15) is 0 Å². The Morgan fingerprint density at radius 3 is 2.57 bits per heavy atom. The minimum atomic E-state index is -0.573. The second-order valence-electron chi connectivity index (χ2n) is 5.62. The fourth-order valence-electron chi connectivity index (χ4n) is 3.27. The van der Waals surface area contributed by atoms with Crippen LogP contribution in [0.5, 0.6) is 5.75 Å². The second-order valence-corrected chi connectivity index (χ2v) is 5.62. The number of hydrogen-bond donors (Lipinski definition) is 1. The molecule has 2 aromatic rings. The van der Waals surface area contributed by atoms with E-state index in [0.717, 1.165) is 23.4 Å². The molecule has 3 heteroatoms. The monoisotopic (exact) mass is 283 g/mol. The molecular formula is C18H21NO2. The van der Waals surface area contributed by atoms with E-state index in [1.54, 1.807) is 14.0 Å². The van der Waals surface area contributed by atoms with Gasteiger partial charge in [-0.05, 0) is 44.0 Å². The number of ether oxygens (including phenoxy) is 1. The first-order chi connectivity index (χ1) is 10.1. The van der Waals surface area contributed by atoms with E-state index >= 15 is 0 Å². The Bertz CT molecular complexity index is 651. The predicted octanol–water partition coefficient (Wildman–Crippen LogP) is 3.83. The number of hydrogen-bond acceptors (Lipinski definition) is 3. The van der Waals surface area contributed by atoms with Gasteiger partial charge >= 0.3 is 0 Å². The number of aliphatic hydroxyl groups is 1. The van der Waals surface area contributed by atoms with E-state index < -0.39 is 6.10 Å². The number of methoxy groups -OCH3 is 1. The smallest absolute Gasteiger partial charge is 0.126 e. The molecule has 0 radical (unpaired) electrons. The molecule has 2 atom stereocenters. The molecule has 1 heterocycles. The molecule has 0 saturated carbocycles. The molecule has 0 fully saturated rings. The van der Waals surface area contributed by atoms with Gasteiger partial charge in [-0.3, -0.25) is 0 Å². The van der Waals surface area contributed by atoms with Crippen LogP contribution in [0, 0.1) is 0 Å². The third-order valence-corrected chi connectivity index (χ3v) is 4.15. The van der Waals surface area contributed by atoms with Crippen molar-refractivity contribution >= 4 is 11.4 Å². The highest BCUT2D eigenvalue weighted by Gasteiger charge is 2.30. The van der Waals surface area contributed by atoms with Crippen LogP contribution in [0.25, 0.3) is 0 Å². The molecule has 0 spiro atoms. The van der Waals surface area contributed by atoms with Crippen molar-refractivity contribution in [3.63, 3.8) is 0 Å². The van der Waals surface area contributed by atoms with E-state index in [1.165, 1.54) is 11.3 Å². The average molecular weight is 283 g/mol. The van der Waals surface area contributed by atoms with Crippen molar-refractivity contribution in [2.24, 2.45) is 0 Å². The lowest BCUT2D eigenvalue weighted by molar-refractivity contribution is 0.194. The molecule has 3 rings (SSSR count). The van der Waals surface area contributed by atoms with Crippen LogP contribution in [0.4, 0.5) is 11.4 Å². The molecule has 2 unspecified atom stereocenters. The number of rotatable bonds is 3. The Labute approximate surface area is 125 Å². The summed E-state index contributed by atoms with van der Waals surface area (Å²) in [7, 11) is 1.65. The summed E-state index contributed by atoms with van der Waals surface area (Å²) in [6.45, 7) is 4.00. The number of benzene rings is 2. The summed E-state index contributed by atoms with van der Waals surface area (Å²) in [5, 5.41) is 10.2. The van der Waals surface area contributed by atoms with Crippen molar-refractivity contribution < 1.29 is 9.84 Å². The molecule has 110 valence electrons. The molecule has 0 bridgehead atoms. The van der Waals surface area contributed by atoms with Crippen LogP contribution in [0.15, 0.2) is 42.5 Å². The van der Waals surface area contributed by atoms with Crippen molar-refractivity contribution in [1.29, 1.82) is 0 Å². The SMILES string of the molecule is COc1cccc(N2c3ccccc3CC2C)c1C(C)O. The zero-order valence-corrected chi connectivity index (χ0v) is 12.7. The first-order valence-corrected chi connectivity index (χ1v) is 7.35. The molecule has 2 aromatic carbocycles. The lowest BCUT2D eigenvalue weighted by Gasteiger charge is -2.29. The maximum absolute atomic E-state index is 10.2. The molecule has 1 aliphatic rings. The van der Waals surface area contributed by atoms with Crippen molar-refractivity contribution in [1.82, 2.24) is 0 Å². The third kappa shape index (κ3) is 2.28. The van der Waals surface area contributed by atoms with Crippen molar-refractivity contribution in [3.05, 3.63) is 53.6 Å². The lowest BCUT2D eigenvalue weighted by Crippen LogP contribution is -2.25. The number of anilines is 2. The topological polar surface area (TPSA) is 32.7 Å². The Balaban J connectivity index is 2.17. The van der Waals surface area contributed by atoms with Crippen LogP contribution in [-0.2, 0) is 6.42 Å². The van der Waals surface area contributed by atoms with Crippen molar-refractivity contribution in [2.45, 2.75) is 32.4 Å². The van der Waals surface area contributed by atoms with Gasteiger partial charge in [-0.25, -0.2) is 0 Å². The summed E-state index contributed by atoms with van der Waals surface area (Å²) in [6, 6.07) is 14.8. The fourth-order valence-corrected chi connectivity index (χ4v) is 3.27. The number of para-hydroxylation sites is 1. The summed E-state index contributed by atoms with van der Waals surface area (Å²) >= 11 is 0. The summed E-state index contributed by atoms with van der Waals surface area (Å²) in [5.74, 6) is 0.735. The second kappa shape index (κ2) is 5.41. The van der Waals surface area contributed by atoms with E-state index in [0.29, 0.717) is 6.04 Å². The van der Waals surface area contributed by atoms with Crippen LogP contribution in [0.3, 0.4) is 0 Å². The summed E-state index contributed by atoms with van der Waals surface area (Å²) in [6.07, 6.45) is 0.447. The Morgan fingerprint density at radius 2 is 1.86 bits per heavy atom. The summed E-state index contributed by atoms with van der Waals surface area (Å²) < 4.78 is 5.44. The van der Waals surface area contributed by atoms with Crippen LogP contribution in [0.2, 0.25) is 0 Å². The number of nitrogens with zero attached hydrogens (tertiary/aromatic N) is 1. The molecule has 0 aliphatic carbocycles. The van der Waals surface area contributed by atoms with Gasteiger partial charge in [0.05, 0.1) is 18.9 Å². The van der Waals surface area contributed by atoms with E-state index in [2.05, 4.69) is 42.2 Å². The number of aliphatic hydroxyl groups excluding tert-OH is 1. The molecule has 21 heavy (non-hydrogen) atoms. The average Bonchev–Trinajstić information content (AvgIpc) is 2.81. The molecule has 1 aliphatic heterocycles. The van der Waals surface area contributed by atoms with Gasteiger partial charge in [-0.15, -0.1) is 0 Å². The molecule has 0 saturated heterocycles. The zero-order valence-electron chi connectivity index (χ0n) is 12.7. The van der Waals surface area contributed by atoms with Crippen molar-refractivity contribution in [3.8, 4) is 5.75 Å². The lowest BCUT2D eigenvalue weighted by atomic mass is 10.0. The van der Waals surface area contributed by atoms with E-state index in [-0.39, 0.29) is 0 Å². The minimum Gasteiger partial charge on any atom is -0.496 e. The standard InChI is InChI=1S/C18H21NO2/c1-12-11-14-7-4-5-8-15(14)19(12)16-9-6-10-17(21-3)18(16)13(2)20/h4-10,12-13,20H,11H2,1-3H3. The van der Waals surface area contributed by atoms with Gasteiger partial charge in [0.2, 0.25) is 0 Å². The Hall–Kier alpha value is -2.00. The van der Waals surface area contributed by atoms with E-state index in [4.69, 9.17) is 4.74 Å². The highest BCUT2D eigenvalue weighted by molar-refractivity contribution is 5.75. The van der Waals surface area contributed by atoms with E-state index in [1.807, 2.05) is 12.1 Å². The number of fused-ring (bicyclic) bond motifs is 1. The third-order valence-electron chi connectivity index (χ3n) is 4.15. The zero-order chi connectivity index (χ0) is 15.0. The largest absolute Gasteiger partial charge is 0.496 e. The Morgan fingerprint density at radius 1 is 1.14 bits per heavy atom. The first kappa shape index (κ1) is 14.0. The maximum atomic E-state index is 10.2. The highest BCUT2D eigenvalue weighted by Crippen LogP contribution is 2.43. The minimum absolute atomic E-state index is 0.368. The van der Waals surface area contributed by atoms with Gasteiger partial charge < -0.3 is 14.7 Å². The molecular weight excluding hydrogens is 262 g/mol. The van der Waals surface area contributed by atoms with Gasteiger partial charge in [0, 0.05) is 17.3 Å². The molecule has 0 aromatic heterocycles.